The molecule has 3 rings (SSSR count). The van der Waals surface area contributed by atoms with Crippen molar-refractivity contribution in [2.24, 2.45) is 0 Å². The molecule has 0 unspecified atom stereocenters. The average Bonchev–Trinajstić information content (AvgIpc) is 2.72. The highest BCUT2D eigenvalue weighted by atomic mass is 19.4. The molecule has 8 nitrogen and oxygen atoms in total. The normalized spacial score (nSPS) is 10.9. The zero-order valence-electron chi connectivity index (χ0n) is 15.5. The van der Waals surface area contributed by atoms with Crippen molar-refractivity contribution in [3.05, 3.63) is 66.4 Å². The maximum atomic E-state index is 12.1. The number of pyridine rings is 1. The number of amides is 1. The SMILES string of the molecule is O=C(NCCNc1ccc(Nc2ccccn2)nn1)c1ccc(OC(F)(F)F)cc1. The summed E-state index contributed by atoms with van der Waals surface area (Å²) in [6.45, 7) is 0.651. The minimum Gasteiger partial charge on any atom is -0.406 e. The molecule has 2 aromatic heterocycles. The van der Waals surface area contributed by atoms with E-state index in [0.29, 0.717) is 24.0 Å². The second kappa shape index (κ2) is 9.54. The number of nitrogens with zero attached hydrogens (tertiary/aromatic N) is 3. The second-order valence-electron chi connectivity index (χ2n) is 5.90. The van der Waals surface area contributed by atoms with Gasteiger partial charge in [0.1, 0.15) is 17.4 Å². The Labute approximate surface area is 169 Å². The molecule has 1 amide bonds. The first kappa shape index (κ1) is 20.8. The maximum Gasteiger partial charge on any atom is 0.573 e. The highest BCUT2D eigenvalue weighted by Crippen LogP contribution is 2.22. The third-order valence-corrected chi connectivity index (χ3v) is 3.65. The minimum absolute atomic E-state index is 0.217. The molecule has 0 aliphatic rings. The van der Waals surface area contributed by atoms with E-state index in [4.69, 9.17) is 0 Å². The summed E-state index contributed by atoms with van der Waals surface area (Å²) >= 11 is 0. The van der Waals surface area contributed by atoms with Crippen molar-refractivity contribution in [3.63, 3.8) is 0 Å². The molecule has 0 bridgehead atoms. The summed E-state index contributed by atoms with van der Waals surface area (Å²) in [6, 6.07) is 13.6. The van der Waals surface area contributed by atoms with Crippen LogP contribution in [0.25, 0.3) is 0 Å². The van der Waals surface area contributed by atoms with Crippen molar-refractivity contribution < 1.29 is 22.7 Å². The number of benzene rings is 1. The summed E-state index contributed by atoms with van der Waals surface area (Å²) in [7, 11) is 0. The number of rotatable bonds is 8. The molecule has 1 aromatic carbocycles. The van der Waals surface area contributed by atoms with Gasteiger partial charge in [-0.2, -0.15) is 0 Å². The molecular weight excluding hydrogens is 401 g/mol. The third kappa shape index (κ3) is 6.62. The van der Waals surface area contributed by atoms with Crippen LogP contribution in [0.5, 0.6) is 5.75 Å². The number of halogens is 3. The number of carbonyl (C=O) groups excluding carboxylic acids is 1. The number of ether oxygens (including phenoxy) is 1. The van der Waals surface area contributed by atoms with Crippen LogP contribution in [0.15, 0.2) is 60.8 Å². The van der Waals surface area contributed by atoms with Gasteiger partial charge in [0.25, 0.3) is 5.91 Å². The molecule has 0 aliphatic heterocycles. The monoisotopic (exact) mass is 418 g/mol. The first-order chi connectivity index (χ1) is 14.4. The maximum absolute atomic E-state index is 12.1. The van der Waals surface area contributed by atoms with E-state index in [1.165, 1.54) is 12.1 Å². The van der Waals surface area contributed by atoms with Crippen LogP contribution in [0.3, 0.4) is 0 Å². The Morgan fingerprint density at radius 3 is 2.27 bits per heavy atom. The van der Waals surface area contributed by atoms with Crippen LogP contribution in [0.2, 0.25) is 0 Å². The number of hydrogen-bond acceptors (Lipinski definition) is 7. The zero-order valence-corrected chi connectivity index (χ0v) is 15.5. The van der Waals surface area contributed by atoms with E-state index in [2.05, 4.69) is 35.9 Å². The van der Waals surface area contributed by atoms with Crippen molar-refractivity contribution in [2.45, 2.75) is 6.36 Å². The second-order valence-corrected chi connectivity index (χ2v) is 5.90. The lowest BCUT2D eigenvalue weighted by Crippen LogP contribution is -2.28. The molecule has 0 atom stereocenters. The van der Waals surface area contributed by atoms with Gasteiger partial charge in [-0.3, -0.25) is 4.79 Å². The van der Waals surface area contributed by atoms with Gasteiger partial charge in [-0.1, -0.05) is 6.07 Å². The van der Waals surface area contributed by atoms with Crippen LogP contribution in [-0.2, 0) is 0 Å². The van der Waals surface area contributed by atoms with Crippen molar-refractivity contribution in [1.29, 1.82) is 0 Å². The summed E-state index contributed by atoms with van der Waals surface area (Å²) in [5.41, 5.74) is 0.217. The highest BCUT2D eigenvalue weighted by molar-refractivity contribution is 5.94. The molecule has 11 heteroatoms. The Bertz CT molecular complexity index is 951. The molecule has 156 valence electrons. The van der Waals surface area contributed by atoms with Gasteiger partial charge in [0.15, 0.2) is 5.82 Å². The van der Waals surface area contributed by atoms with E-state index < -0.39 is 12.3 Å². The number of carbonyl (C=O) groups is 1. The molecular formula is C19H17F3N6O2. The van der Waals surface area contributed by atoms with Gasteiger partial charge < -0.3 is 20.7 Å². The van der Waals surface area contributed by atoms with Crippen molar-refractivity contribution >= 4 is 23.4 Å². The van der Waals surface area contributed by atoms with E-state index in [1.54, 1.807) is 30.5 Å². The zero-order chi connectivity index (χ0) is 21.4. The number of hydrogen-bond donors (Lipinski definition) is 3. The summed E-state index contributed by atoms with van der Waals surface area (Å²) in [5.74, 6) is 0.889. The largest absolute Gasteiger partial charge is 0.573 e. The standard InChI is InChI=1S/C19H17F3N6O2/c20-19(21,22)30-14-6-4-13(5-7-14)18(29)25-12-11-24-16-8-9-17(28-27-16)26-15-3-1-2-10-23-15/h1-10H,11-12H2,(H,24,27)(H,25,29)(H,23,26,28). The summed E-state index contributed by atoms with van der Waals surface area (Å²) < 4.78 is 40.2. The molecule has 0 aliphatic carbocycles. The van der Waals surface area contributed by atoms with Gasteiger partial charge in [-0.25, -0.2) is 4.98 Å². The van der Waals surface area contributed by atoms with Gasteiger partial charge in [0.05, 0.1) is 0 Å². The van der Waals surface area contributed by atoms with Gasteiger partial charge in [-0.15, -0.1) is 23.4 Å². The predicted molar refractivity (Wildman–Crippen MR) is 103 cm³/mol. The van der Waals surface area contributed by atoms with E-state index in [1.807, 2.05) is 6.07 Å². The van der Waals surface area contributed by atoms with Crippen molar-refractivity contribution in [1.82, 2.24) is 20.5 Å². The molecule has 0 fully saturated rings. The van der Waals surface area contributed by atoms with E-state index in [-0.39, 0.29) is 17.9 Å². The Morgan fingerprint density at radius 2 is 1.63 bits per heavy atom. The Kier molecular flexibility index (Phi) is 6.63. The smallest absolute Gasteiger partial charge is 0.406 e. The molecule has 0 saturated heterocycles. The quantitative estimate of drug-likeness (QED) is 0.482. The molecule has 3 aromatic rings. The fourth-order valence-electron chi connectivity index (χ4n) is 2.34. The third-order valence-electron chi connectivity index (χ3n) is 3.65. The van der Waals surface area contributed by atoms with Crippen LogP contribution < -0.4 is 20.7 Å². The van der Waals surface area contributed by atoms with E-state index in [9.17, 15) is 18.0 Å². The lowest BCUT2D eigenvalue weighted by atomic mass is 10.2. The number of anilines is 3. The topological polar surface area (TPSA) is 101 Å². The number of nitrogens with one attached hydrogen (secondary N) is 3. The summed E-state index contributed by atoms with van der Waals surface area (Å²) in [4.78, 5) is 16.2. The molecule has 3 N–H and O–H groups in total. The van der Waals surface area contributed by atoms with Gasteiger partial charge in [0.2, 0.25) is 0 Å². The van der Waals surface area contributed by atoms with Crippen LogP contribution in [-0.4, -0.2) is 40.5 Å². The lowest BCUT2D eigenvalue weighted by molar-refractivity contribution is -0.274. The molecule has 2 heterocycles. The average molecular weight is 418 g/mol. The molecule has 30 heavy (non-hydrogen) atoms. The van der Waals surface area contributed by atoms with Crippen LogP contribution >= 0.6 is 0 Å². The Hall–Kier alpha value is -3.89. The highest BCUT2D eigenvalue weighted by Gasteiger charge is 2.31. The van der Waals surface area contributed by atoms with Crippen molar-refractivity contribution in [2.75, 3.05) is 23.7 Å². The van der Waals surface area contributed by atoms with Crippen molar-refractivity contribution in [3.8, 4) is 5.75 Å². The van der Waals surface area contributed by atoms with Gasteiger partial charge >= 0.3 is 6.36 Å². The van der Waals surface area contributed by atoms with E-state index in [0.717, 1.165) is 12.1 Å². The van der Waals surface area contributed by atoms with Gasteiger partial charge in [-0.05, 0) is 48.5 Å². The van der Waals surface area contributed by atoms with Crippen LogP contribution in [0.4, 0.5) is 30.6 Å². The Morgan fingerprint density at radius 1 is 0.900 bits per heavy atom. The first-order valence-electron chi connectivity index (χ1n) is 8.79. The fourth-order valence-corrected chi connectivity index (χ4v) is 2.34. The predicted octanol–water partition coefficient (Wildman–Crippen LogP) is 3.36. The lowest BCUT2D eigenvalue weighted by Gasteiger charge is -2.10. The van der Waals surface area contributed by atoms with Crippen LogP contribution in [0.1, 0.15) is 10.4 Å². The molecule has 0 radical (unpaired) electrons. The molecule has 0 saturated carbocycles. The molecule has 0 spiro atoms. The number of aromatic nitrogens is 3. The number of alkyl halides is 3. The van der Waals surface area contributed by atoms with Crippen LogP contribution in [0, 0.1) is 0 Å². The first-order valence-corrected chi connectivity index (χ1v) is 8.79. The Balaban J connectivity index is 1.40. The van der Waals surface area contributed by atoms with Gasteiger partial charge in [0, 0.05) is 24.8 Å². The van der Waals surface area contributed by atoms with E-state index >= 15 is 0 Å². The summed E-state index contributed by atoms with van der Waals surface area (Å²) in [6.07, 6.45) is -3.12. The summed E-state index contributed by atoms with van der Waals surface area (Å²) in [5, 5.41) is 16.7. The fraction of sp³-hybridized carbons (Fsp3) is 0.158. The minimum atomic E-state index is -4.77.